The van der Waals surface area contributed by atoms with Crippen molar-refractivity contribution in [2.24, 2.45) is 0 Å². The maximum atomic E-state index is 6.16. The van der Waals surface area contributed by atoms with Crippen LogP contribution in [0.4, 0.5) is 0 Å². The Morgan fingerprint density at radius 1 is 1.25 bits per heavy atom. The molecule has 2 fully saturated rings. The summed E-state index contributed by atoms with van der Waals surface area (Å²) in [6, 6.07) is 0. The molecule has 0 radical (unpaired) electrons. The fraction of sp³-hybridized carbons (Fsp3) is 0.636. The summed E-state index contributed by atoms with van der Waals surface area (Å²) >= 11 is 8.40. The third-order valence-corrected chi connectivity index (χ3v) is 4.69. The van der Waals surface area contributed by atoms with E-state index in [1.807, 2.05) is 0 Å². The molecule has 3 rings (SSSR count). The zero-order chi connectivity index (χ0) is 11.1. The second-order valence-electron chi connectivity index (χ2n) is 4.35. The second-order valence-corrected chi connectivity index (χ2v) is 5.78. The van der Waals surface area contributed by atoms with Gasteiger partial charge in [-0.15, -0.1) is 0 Å². The highest BCUT2D eigenvalue weighted by atomic mass is 127. The Bertz CT molecular complexity index is 417. The van der Waals surface area contributed by atoms with E-state index < -0.39 is 0 Å². The predicted molar refractivity (Wildman–Crippen MR) is 69.7 cm³/mol. The van der Waals surface area contributed by atoms with E-state index in [2.05, 4.69) is 32.6 Å². The molecule has 1 atom stereocenters. The Morgan fingerprint density at radius 3 is 2.69 bits per heavy atom. The number of nitrogens with zero attached hydrogens (tertiary/aromatic N) is 2. The molecule has 2 aliphatic rings. The molecule has 1 aromatic rings. The number of hydrogen-bond acceptors (Lipinski definition) is 3. The molecule has 1 saturated heterocycles. The summed E-state index contributed by atoms with van der Waals surface area (Å²) in [5.41, 5.74) is 1.13. The van der Waals surface area contributed by atoms with Crippen LogP contribution in [0.2, 0.25) is 5.15 Å². The molecule has 1 unspecified atom stereocenters. The molecule has 16 heavy (non-hydrogen) atoms. The Labute approximate surface area is 113 Å². The molecule has 2 heterocycles. The van der Waals surface area contributed by atoms with E-state index >= 15 is 0 Å². The molecule has 0 spiro atoms. The standard InChI is InChI=1S/C11H12ClIN2O/c12-10-8(13)9(6-3-4-6)14-11(15-10)7-2-1-5-16-7/h6-7H,1-5H2. The monoisotopic (exact) mass is 350 g/mol. The summed E-state index contributed by atoms with van der Waals surface area (Å²) in [6.45, 7) is 0.816. The number of rotatable bonds is 2. The lowest BCUT2D eigenvalue weighted by atomic mass is 10.2. The average molecular weight is 351 g/mol. The van der Waals surface area contributed by atoms with Crippen molar-refractivity contribution in [3.63, 3.8) is 0 Å². The van der Waals surface area contributed by atoms with Crippen molar-refractivity contribution in [1.29, 1.82) is 0 Å². The maximum absolute atomic E-state index is 6.16. The summed E-state index contributed by atoms with van der Waals surface area (Å²) < 4.78 is 6.62. The Hall–Kier alpha value is 0.0600. The second kappa shape index (κ2) is 4.38. The van der Waals surface area contributed by atoms with Gasteiger partial charge in [0.1, 0.15) is 11.3 Å². The molecule has 3 nitrogen and oxygen atoms in total. The highest BCUT2D eigenvalue weighted by Gasteiger charge is 2.31. The van der Waals surface area contributed by atoms with Crippen LogP contribution in [0, 0.1) is 3.57 Å². The smallest absolute Gasteiger partial charge is 0.159 e. The molecule has 1 aromatic heterocycles. The molecule has 0 aromatic carbocycles. The van der Waals surface area contributed by atoms with Crippen molar-refractivity contribution in [3.05, 3.63) is 20.2 Å². The summed E-state index contributed by atoms with van der Waals surface area (Å²) in [5.74, 6) is 1.39. The van der Waals surface area contributed by atoms with Gasteiger partial charge in [-0.25, -0.2) is 9.97 Å². The lowest BCUT2D eigenvalue weighted by Gasteiger charge is -2.11. The molecule has 1 saturated carbocycles. The minimum absolute atomic E-state index is 0.0620. The average Bonchev–Trinajstić information content (AvgIpc) is 2.96. The summed E-state index contributed by atoms with van der Waals surface area (Å²) in [6.07, 6.45) is 4.63. The quantitative estimate of drug-likeness (QED) is 0.605. The van der Waals surface area contributed by atoms with Gasteiger partial charge in [-0.2, -0.15) is 0 Å². The van der Waals surface area contributed by atoms with Gasteiger partial charge in [-0.05, 0) is 48.3 Å². The summed E-state index contributed by atoms with van der Waals surface area (Å²) in [7, 11) is 0. The number of hydrogen-bond donors (Lipinski definition) is 0. The molecule has 86 valence electrons. The highest BCUT2D eigenvalue weighted by Crippen LogP contribution is 2.42. The first-order valence-electron chi connectivity index (χ1n) is 5.60. The van der Waals surface area contributed by atoms with Crippen molar-refractivity contribution in [2.45, 2.75) is 37.7 Å². The van der Waals surface area contributed by atoms with Crippen molar-refractivity contribution in [2.75, 3.05) is 6.61 Å². The van der Waals surface area contributed by atoms with E-state index in [1.54, 1.807) is 0 Å². The van der Waals surface area contributed by atoms with Gasteiger partial charge in [0.05, 0.1) is 9.26 Å². The Balaban J connectivity index is 1.98. The largest absolute Gasteiger partial charge is 0.370 e. The molecular weight excluding hydrogens is 338 g/mol. The third-order valence-electron chi connectivity index (χ3n) is 3.04. The van der Waals surface area contributed by atoms with Crippen LogP contribution in [0.3, 0.4) is 0 Å². The van der Waals surface area contributed by atoms with Crippen LogP contribution in [-0.4, -0.2) is 16.6 Å². The molecule has 0 N–H and O–H groups in total. The predicted octanol–water partition coefficient (Wildman–Crippen LogP) is 3.46. The van der Waals surface area contributed by atoms with Crippen molar-refractivity contribution >= 4 is 34.2 Å². The van der Waals surface area contributed by atoms with Crippen LogP contribution in [0.1, 0.15) is 49.2 Å². The first-order valence-corrected chi connectivity index (χ1v) is 7.06. The Morgan fingerprint density at radius 2 is 2.06 bits per heavy atom. The Kier molecular flexibility index (Phi) is 3.06. The first kappa shape index (κ1) is 11.2. The molecule has 0 bridgehead atoms. The van der Waals surface area contributed by atoms with E-state index in [0.29, 0.717) is 11.1 Å². The van der Waals surface area contributed by atoms with Crippen molar-refractivity contribution in [1.82, 2.24) is 9.97 Å². The van der Waals surface area contributed by atoms with Gasteiger partial charge in [0.25, 0.3) is 0 Å². The van der Waals surface area contributed by atoms with E-state index in [4.69, 9.17) is 16.3 Å². The van der Waals surface area contributed by atoms with Crippen LogP contribution in [0.15, 0.2) is 0 Å². The number of halogens is 2. The van der Waals surface area contributed by atoms with E-state index in [0.717, 1.165) is 34.5 Å². The fourth-order valence-corrected chi connectivity index (χ4v) is 2.87. The van der Waals surface area contributed by atoms with E-state index in [1.165, 1.54) is 12.8 Å². The lowest BCUT2D eigenvalue weighted by molar-refractivity contribution is 0.105. The van der Waals surface area contributed by atoms with Crippen molar-refractivity contribution in [3.8, 4) is 0 Å². The van der Waals surface area contributed by atoms with Gasteiger partial charge >= 0.3 is 0 Å². The minimum atomic E-state index is 0.0620. The minimum Gasteiger partial charge on any atom is -0.370 e. The summed E-state index contributed by atoms with van der Waals surface area (Å²) in [4.78, 5) is 9.00. The lowest BCUT2D eigenvalue weighted by Crippen LogP contribution is -2.07. The van der Waals surface area contributed by atoms with E-state index in [9.17, 15) is 0 Å². The zero-order valence-electron chi connectivity index (χ0n) is 8.75. The third kappa shape index (κ3) is 2.07. The first-order chi connectivity index (χ1) is 7.75. The van der Waals surface area contributed by atoms with Crippen LogP contribution in [0.5, 0.6) is 0 Å². The highest BCUT2D eigenvalue weighted by molar-refractivity contribution is 14.1. The molecular formula is C11H12ClIN2O. The van der Waals surface area contributed by atoms with Gasteiger partial charge < -0.3 is 4.74 Å². The topological polar surface area (TPSA) is 35.0 Å². The molecule has 0 amide bonds. The maximum Gasteiger partial charge on any atom is 0.159 e. The van der Waals surface area contributed by atoms with Crippen LogP contribution >= 0.6 is 34.2 Å². The van der Waals surface area contributed by atoms with Gasteiger partial charge in [0, 0.05) is 12.5 Å². The number of aromatic nitrogens is 2. The van der Waals surface area contributed by atoms with Crippen molar-refractivity contribution < 1.29 is 4.74 Å². The fourth-order valence-electron chi connectivity index (χ4n) is 2.01. The van der Waals surface area contributed by atoms with Crippen LogP contribution in [-0.2, 0) is 4.74 Å². The van der Waals surface area contributed by atoms with Gasteiger partial charge in [0.15, 0.2) is 5.82 Å². The van der Waals surface area contributed by atoms with Crippen LogP contribution < -0.4 is 0 Å². The normalized spacial score (nSPS) is 25.0. The van der Waals surface area contributed by atoms with E-state index in [-0.39, 0.29) is 6.10 Å². The molecule has 5 heteroatoms. The van der Waals surface area contributed by atoms with Gasteiger partial charge in [-0.3, -0.25) is 0 Å². The SMILES string of the molecule is Clc1nc(C2CCCO2)nc(C2CC2)c1I. The summed E-state index contributed by atoms with van der Waals surface area (Å²) in [5, 5.41) is 0.586. The van der Waals surface area contributed by atoms with Gasteiger partial charge in [0.2, 0.25) is 0 Å². The zero-order valence-corrected chi connectivity index (χ0v) is 11.7. The molecule has 1 aliphatic heterocycles. The molecule has 1 aliphatic carbocycles. The van der Waals surface area contributed by atoms with Gasteiger partial charge in [-0.1, -0.05) is 11.6 Å². The van der Waals surface area contributed by atoms with Crippen LogP contribution in [0.25, 0.3) is 0 Å². The number of ether oxygens (including phenoxy) is 1.